The Bertz CT molecular complexity index is 540. The molecule has 0 aliphatic heterocycles. The van der Waals surface area contributed by atoms with Crippen molar-refractivity contribution in [2.45, 2.75) is 58.0 Å². The normalized spacial score (nSPS) is 20.3. The first kappa shape index (κ1) is 17.9. The molecule has 0 bridgehead atoms. The van der Waals surface area contributed by atoms with Crippen molar-refractivity contribution in [2.75, 3.05) is 13.1 Å². The lowest BCUT2D eigenvalue weighted by Gasteiger charge is -2.42. The molecule has 1 saturated carbocycles. The summed E-state index contributed by atoms with van der Waals surface area (Å²) in [5, 5.41) is 15.0. The molecule has 23 heavy (non-hydrogen) atoms. The summed E-state index contributed by atoms with van der Waals surface area (Å²) in [5.41, 5.74) is 1.07. The topological polar surface area (TPSA) is 82.5 Å². The number of aliphatic carboxylic acids is 1. The van der Waals surface area contributed by atoms with Crippen LogP contribution in [0.1, 0.15) is 43.3 Å². The van der Waals surface area contributed by atoms with E-state index >= 15 is 0 Å². The van der Waals surface area contributed by atoms with Crippen molar-refractivity contribution >= 4 is 23.2 Å². The molecule has 2 rings (SSSR count). The van der Waals surface area contributed by atoms with Crippen LogP contribution in [0, 0.1) is 6.92 Å². The molecule has 1 amide bonds. The summed E-state index contributed by atoms with van der Waals surface area (Å²) < 4.78 is 0. The van der Waals surface area contributed by atoms with Crippen LogP contribution >= 0.6 is 11.3 Å². The maximum absolute atomic E-state index is 11.9. The summed E-state index contributed by atoms with van der Waals surface area (Å²) in [6, 6.07) is 0.469. The van der Waals surface area contributed by atoms with E-state index in [0.717, 1.165) is 42.9 Å². The lowest BCUT2D eigenvalue weighted by molar-refractivity contribution is -0.139. The van der Waals surface area contributed by atoms with Crippen LogP contribution in [0.15, 0.2) is 5.38 Å². The van der Waals surface area contributed by atoms with E-state index in [1.165, 1.54) is 0 Å². The van der Waals surface area contributed by atoms with E-state index in [1.54, 1.807) is 11.3 Å². The number of aromatic nitrogens is 1. The minimum Gasteiger partial charge on any atom is -0.480 e. The third-order valence-corrected chi connectivity index (χ3v) is 5.06. The lowest BCUT2D eigenvalue weighted by atomic mass is 9.85. The van der Waals surface area contributed by atoms with Gasteiger partial charge in [0.25, 0.3) is 0 Å². The van der Waals surface area contributed by atoms with Crippen LogP contribution in [-0.4, -0.2) is 52.0 Å². The standard InChI is InChI=1S/C16H25N3O3S/c1-3-19(9-16(21)22)14-7-13(8-14)18-15(20)6-4-5-12-10-23-11(2)17-12/h10,13-14H,3-9H2,1-2H3,(H,18,20)(H,21,22). The molecule has 1 aromatic rings. The molecule has 6 nitrogen and oxygen atoms in total. The Balaban J connectivity index is 1.61. The molecule has 7 heteroatoms. The van der Waals surface area contributed by atoms with E-state index in [2.05, 4.69) is 10.3 Å². The largest absolute Gasteiger partial charge is 0.480 e. The van der Waals surface area contributed by atoms with Gasteiger partial charge in [0.1, 0.15) is 0 Å². The second kappa shape index (κ2) is 8.40. The Morgan fingerprint density at radius 1 is 1.48 bits per heavy atom. The maximum Gasteiger partial charge on any atom is 0.317 e. The predicted molar refractivity (Wildman–Crippen MR) is 89.6 cm³/mol. The van der Waals surface area contributed by atoms with Gasteiger partial charge < -0.3 is 10.4 Å². The second-order valence-corrected chi connectivity index (χ2v) is 7.12. The van der Waals surface area contributed by atoms with Gasteiger partial charge in [0.2, 0.25) is 5.91 Å². The smallest absolute Gasteiger partial charge is 0.317 e. The third-order valence-electron chi connectivity index (χ3n) is 4.24. The number of carboxylic acids is 1. The molecule has 1 aliphatic carbocycles. The molecule has 2 N–H and O–H groups in total. The number of carboxylic acid groups (broad SMARTS) is 1. The molecular formula is C16H25N3O3S. The van der Waals surface area contributed by atoms with Gasteiger partial charge >= 0.3 is 5.97 Å². The van der Waals surface area contributed by atoms with E-state index in [9.17, 15) is 9.59 Å². The number of amides is 1. The van der Waals surface area contributed by atoms with Gasteiger partial charge in [0.15, 0.2) is 0 Å². The number of carbonyl (C=O) groups is 2. The number of nitrogens with zero attached hydrogens (tertiary/aromatic N) is 2. The van der Waals surface area contributed by atoms with Gasteiger partial charge in [-0.3, -0.25) is 14.5 Å². The molecule has 1 fully saturated rings. The Kier molecular flexibility index (Phi) is 6.53. The van der Waals surface area contributed by atoms with Crippen molar-refractivity contribution in [3.05, 3.63) is 16.1 Å². The van der Waals surface area contributed by atoms with E-state index in [4.69, 9.17) is 5.11 Å². The van der Waals surface area contributed by atoms with Gasteiger partial charge in [-0.25, -0.2) is 4.98 Å². The summed E-state index contributed by atoms with van der Waals surface area (Å²) in [7, 11) is 0. The maximum atomic E-state index is 11.9. The molecule has 1 aliphatic rings. The van der Waals surface area contributed by atoms with Crippen LogP contribution in [0.2, 0.25) is 0 Å². The highest BCUT2D eigenvalue weighted by molar-refractivity contribution is 7.09. The summed E-state index contributed by atoms with van der Waals surface area (Å²) in [5.74, 6) is -0.710. The van der Waals surface area contributed by atoms with E-state index < -0.39 is 5.97 Å². The molecule has 1 heterocycles. The molecule has 0 aromatic carbocycles. The molecule has 0 radical (unpaired) electrons. The summed E-state index contributed by atoms with van der Waals surface area (Å²) in [6.45, 7) is 4.76. The predicted octanol–water partition coefficient (Wildman–Crippen LogP) is 1.83. The average molecular weight is 339 g/mol. The van der Waals surface area contributed by atoms with Crippen molar-refractivity contribution in [3.8, 4) is 0 Å². The Morgan fingerprint density at radius 3 is 2.78 bits per heavy atom. The molecule has 0 saturated heterocycles. The van der Waals surface area contributed by atoms with Crippen molar-refractivity contribution < 1.29 is 14.7 Å². The monoisotopic (exact) mass is 339 g/mol. The zero-order valence-electron chi connectivity index (χ0n) is 13.7. The molecule has 128 valence electrons. The van der Waals surface area contributed by atoms with Crippen LogP contribution in [0.25, 0.3) is 0 Å². The number of likely N-dealkylation sites (N-methyl/N-ethyl adjacent to an activating group) is 1. The van der Waals surface area contributed by atoms with Crippen LogP contribution in [-0.2, 0) is 16.0 Å². The van der Waals surface area contributed by atoms with Gasteiger partial charge in [0.05, 0.1) is 17.2 Å². The average Bonchev–Trinajstić information content (AvgIpc) is 2.85. The van der Waals surface area contributed by atoms with Gasteiger partial charge in [-0.15, -0.1) is 11.3 Å². The van der Waals surface area contributed by atoms with Gasteiger partial charge in [0, 0.05) is 23.9 Å². The fourth-order valence-electron chi connectivity index (χ4n) is 2.93. The zero-order valence-corrected chi connectivity index (χ0v) is 14.6. The van der Waals surface area contributed by atoms with E-state index in [0.29, 0.717) is 6.42 Å². The van der Waals surface area contributed by atoms with Crippen LogP contribution in [0.4, 0.5) is 0 Å². The van der Waals surface area contributed by atoms with Crippen LogP contribution in [0.3, 0.4) is 0 Å². The minimum atomic E-state index is -0.795. The minimum absolute atomic E-state index is 0.0783. The molecule has 0 unspecified atom stereocenters. The summed E-state index contributed by atoms with van der Waals surface area (Å²) in [4.78, 5) is 29.1. The van der Waals surface area contributed by atoms with Gasteiger partial charge in [-0.2, -0.15) is 0 Å². The van der Waals surface area contributed by atoms with Crippen LogP contribution < -0.4 is 5.32 Å². The number of aryl methyl sites for hydroxylation is 2. The molecule has 0 atom stereocenters. The summed E-state index contributed by atoms with van der Waals surface area (Å²) >= 11 is 1.64. The summed E-state index contributed by atoms with van der Waals surface area (Å²) in [6.07, 6.45) is 3.86. The number of hydrogen-bond acceptors (Lipinski definition) is 5. The fourth-order valence-corrected chi connectivity index (χ4v) is 3.58. The van der Waals surface area contributed by atoms with Crippen molar-refractivity contribution in [1.82, 2.24) is 15.2 Å². The van der Waals surface area contributed by atoms with Crippen molar-refractivity contribution in [2.24, 2.45) is 0 Å². The number of carbonyl (C=O) groups excluding carboxylic acids is 1. The highest BCUT2D eigenvalue weighted by atomic mass is 32.1. The number of rotatable bonds is 9. The lowest BCUT2D eigenvalue weighted by Crippen LogP contribution is -2.54. The van der Waals surface area contributed by atoms with E-state index in [-0.39, 0.29) is 24.5 Å². The number of thiazole rings is 1. The third kappa shape index (κ3) is 5.58. The highest BCUT2D eigenvalue weighted by Crippen LogP contribution is 2.25. The number of nitrogens with one attached hydrogen (secondary N) is 1. The molecule has 0 spiro atoms. The van der Waals surface area contributed by atoms with E-state index in [1.807, 2.05) is 24.1 Å². The molecule has 1 aromatic heterocycles. The number of hydrogen-bond donors (Lipinski definition) is 2. The van der Waals surface area contributed by atoms with Crippen LogP contribution in [0.5, 0.6) is 0 Å². The first-order valence-electron chi connectivity index (χ1n) is 8.14. The first-order chi connectivity index (χ1) is 11.0. The fraction of sp³-hybridized carbons (Fsp3) is 0.688. The quantitative estimate of drug-likeness (QED) is 0.717. The molecular weight excluding hydrogens is 314 g/mol. The van der Waals surface area contributed by atoms with Gasteiger partial charge in [-0.1, -0.05) is 6.92 Å². The van der Waals surface area contributed by atoms with Gasteiger partial charge in [-0.05, 0) is 39.2 Å². The van der Waals surface area contributed by atoms with Crippen molar-refractivity contribution in [3.63, 3.8) is 0 Å². The Hall–Kier alpha value is -1.47. The zero-order chi connectivity index (χ0) is 16.8. The first-order valence-corrected chi connectivity index (χ1v) is 9.02. The van der Waals surface area contributed by atoms with Crippen molar-refractivity contribution in [1.29, 1.82) is 0 Å². The second-order valence-electron chi connectivity index (χ2n) is 6.06. The highest BCUT2D eigenvalue weighted by Gasteiger charge is 2.34. The SMILES string of the molecule is CCN(CC(=O)O)C1CC(NC(=O)CCCc2csc(C)n2)C1. The Morgan fingerprint density at radius 2 is 2.22 bits per heavy atom. The Labute approximate surface area is 140 Å².